The summed E-state index contributed by atoms with van der Waals surface area (Å²) < 4.78 is 28.3. The average Bonchev–Trinajstić information content (AvgIpc) is 2.11. The van der Waals surface area contributed by atoms with E-state index < -0.39 is 9.05 Å². The Balaban J connectivity index is 3.10. The first-order valence-electron chi connectivity index (χ1n) is 5.40. The van der Waals surface area contributed by atoms with Gasteiger partial charge in [0.15, 0.2) is 0 Å². The van der Waals surface area contributed by atoms with E-state index in [2.05, 4.69) is 13.8 Å². The highest BCUT2D eigenvalue weighted by Gasteiger charge is 2.17. The van der Waals surface area contributed by atoms with E-state index in [1.807, 2.05) is 0 Å². The molecule has 17 heavy (non-hydrogen) atoms. The fraction of sp³-hybridized carbons (Fsp3) is 0.500. The zero-order valence-corrected chi connectivity index (χ0v) is 12.0. The molecule has 5 heteroatoms. The van der Waals surface area contributed by atoms with Crippen LogP contribution in [-0.2, 0) is 9.05 Å². The topological polar surface area (TPSA) is 43.4 Å². The summed E-state index contributed by atoms with van der Waals surface area (Å²) in [4.78, 5) is 0.177. The van der Waals surface area contributed by atoms with Crippen molar-refractivity contribution >= 4 is 19.7 Å². The van der Waals surface area contributed by atoms with Gasteiger partial charge in [0, 0.05) is 10.7 Å². The Hall–Kier alpha value is -0.740. The van der Waals surface area contributed by atoms with Crippen LogP contribution >= 0.6 is 10.7 Å². The summed E-state index contributed by atoms with van der Waals surface area (Å²) in [6, 6.07) is 3.40. The smallest absolute Gasteiger partial charge is 0.261 e. The predicted molar refractivity (Wildman–Crippen MR) is 69.3 cm³/mol. The molecule has 0 atom stereocenters. The first-order valence-corrected chi connectivity index (χ1v) is 7.71. The number of rotatable bonds is 4. The molecule has 0 N–H and O–H groups in total. The molecule has 0 heterocycles. The van der Waals surface area contributed by atoms with Gasteiger partial charge in [0.05, 0.1) is 11.5 Å². The molecule has 1 rings (SSSR count). The number of ether oxygens (including phenoxy) is 1. The molecule has 0 unspecified atom stereocenters. The first kappa shape index (κ1) is 14.3. The van der Waals surface area contributed by atoms with E-state index in [9.17, 15) is 8.42 Å². The molecule has 1 aromatic rings. The molecule has 0 aliphatic rings. The summed E-state index contributed by atoms with van der Waals surface area (Å²) in [5.74, 6) is 1.10. The van der Waals surface area contributed by atoms with Gasteiger partial charge in [-0.2, -0.15) is 0 Å². The van der Waals surface area contributed by atoms with Crippen molar-refractivity contribution in [3.8, 4) is 5.75 Å². The van der Waals surface area contributed by atoms with Crippen LogP contribution in [0.3, 0.4) is 0 Å². The Kier molecular flexibility index (Phi) is 4.44. The molecule has 0 spiro atoms. The van der Waals surface area contributed by atoms with Crippen molar-refractivity contribution in [3.63, 3.8) is 0 Å². The minimum absolute atomic E-state index is 0.177. The third-order valence-electron chi connectivity index (χ3n) is 2.26. The van der Waals surface area contributed by atoms with Crippen LogP contribution < -0.4 is 4.74 Å². The van der Waals surface area contributed by atoms with Crippen molar-refractivity contribution in [2.24, 2.45) is 5.92 Å². The molecule has 0 amide bonds. The van der Waals surface area contributed by atoms with Crippen LogP contribution in [0, 0.1) is 19.8 Å². The fourth-order valence-corrected chi connectivity index (χ4v) is 3.26. The fourth-order valence-electron chi connectivity index (χ4n) is 1.64. The van der Waals surface area contributed by atoms with Gasteiger partial charge in [-0.25, -0.2) is 8.42 Å². The first-order chi connectivity index (χ1) is 7.71. The third-order valence-corrected chi connectivity index (χ3v) is 3.86. The molecule has 1 aromatic carbocycles. The van der Waals surface area contributed by atoms with Gasteiger partial charge in [-0.05, 0) is 43.0 Å². The van der Waals surface area contributed by atoms with Crippen molar-refractivity contribution in [1.82, 2.24) is 0 Å². The number of benzene rings is 1. The van der Waals surface area contributed by atoms with Gasteiger partial charge in [-0.1, -0.05) is 13.8 Å². The van der Waals surface area contributed by atoms with Gasteiger partial charge in [-0.15, -0.1) is 0 Å². The summed E-state index contributed by atoms with van der Waals surface area (Å²) in [6.07, 6.45) is 0. The van der Waals surface area contributed by atoms with Crippen LogP contribution in [0.2, 0.25) is 0 Å². The van der Waals surface area contributed by atoms with Crippen molar-refractivity contribution < 1.29 is 13.2 Å². The molecule has 0 saturated carbocycles. The van der Waals surface area contributed by atoms with E-state index in [1.54, 1.807) is 26.0 Å². The van der Waals surface area contributed by atoms with E-state index in [1.165, 1.54) is 0 Å². The molecule has 0 aromatic heterocycles. The summed E-state index contributed by atoms with van der Waals surface area (Å²) in [5, 5.41) is 0. The normalized spacial score (nSPS) is 11.9. The van der Waals surface area contributed by atoms with E-state index >= 15 is 0 Å². The zero-order valence-electron chi connectivity index (χ0n) is 10.5. The highest BCUT2D eigenvalue weighted by Crippen LogP contribution is 2.28. The number of hydrogen-bond acceptors (Lipinski definition) is 3. The summed E-state index contributed by atoms with van der Waals surface area (Å²) in [7, 11) is 1.68. The van der Waals surface area contributed by atoms with Crippen molar-refractivity contribution in [1.29, 1.82) is 0 Å². The molecule has 0 saturated heterocycles. The second-order valence-electron chi connectivity index (χ2n) is 4.53. The van der Waals surface area contributed by atoms with E-state index in [0.717, 1.165) is 0 Å². The summed E-state index contributed by atoms with van der Waals surface area (Å²) in [6.45, 7) is 8.13. The van der Waals surface area contributed by atoms with Crippen molar-refractivity contribution in [2.75, 3.05) is 6.61 Å². The Morgan fingerprint density at radius 2 is 1.71 bits per heavy atom. The summed E-state index contributed by atoms with van der Waals surface area (Å²) >= 11 is 0. The summed E-state index contributed by atoms with van der Waals surface area (Å²) in [5.41, 5.74) is 1.22. The maximum absolute atomic E-state index is 11.4. The van der Waals surface area contributed by atoms with Gasteiger partial charge >= 0.3 is 0 Å². The Bertz CT molecular complexity index is 483. The maximum Gasteiger partial charge on any atom is 0.261 e. The molecule has 0 radical (unpaired) electrons. The highest BCUT2D eigenvalue weighted by atomic mass is 35.7. The second kappa shape index (κ2) is 5.27. The average molecular weight is 277 g/mol. The van der Waals surface area contributed by atoms with Gasteiger partial charge in [0.1, 0.15) is 5.75 Å². The van der Waals surface area contributed by atoms with Gasteiger partial charge in [-0.3, -0.25) is 0 Å². The molecular formula is C12H17ClO3S. The lowest BCUT2D eigenvalue weighted by molar-refractivity contribution is 0.270. The molecule has 3 nitrogen and oxygen atoms in total. The standard InChI is InChI=1S/C12H17ClO3S/c1-8(2)7-16-11-5-9(3)12(10(4)6-11)17(13,14)15/h5-6,8H,7H2,1-4H3. The Morgan fingerprint density at radius 1 is 1.24 bits per heavy atom. The third kappa shape index (κ3) is 3.89. The van der Waals surface area contributed by atoms with Crippen LogP contribution in [0.1, 0.15) is 25.0 Å². The minimum atomic E-state index is -3.70. The monoisotopic (exact) mass is 276 g/mol. The molecule has 0 fully saturated rings. The molecular weight excluding hydrogens is 260 g/mol. The van der Waals surface area contributed by atoms with E-state index in [4.69, 9.17) is 15.4 Å². The van der Waals surface area contributed by atoms with Crippen LogP contribution in [0.5, 0.6) is 5.75 Å². The minimum Gasteiger partial charge on any atom is -0.493 e. The zero-order chi connectivity index (χ0) is 13.2. The maximum atomic E-state index is 11.4. The largest absolute Gasteiger partial charge is 0.493 e. The van der Waals surface area contributed by atoms with Gasteiger partial charge in [0.25, 0.3) is 9.05 Å². The molecule has 96 valence electrons. The number of halogens is 1. The second-order valence-corrected chi connectivity index (χ2v) is 7.03. The lowest BCUT2D eigenvalue weighted by Crippen LogP contribution is -2.06. The Labute approximate surface area is 107 Å². The van der Waals surface area contributed by atoms with E-state index in [0.29, 0.717) is 29.4 Å². The highest BCUT2D eigenvalue weighted by molar-refractivity contribution is 8.13. The molecule has 0 aliphatic heterocycles. The molecule has 0 aliphatic carbocycles. The lowest BCUT2D eigenvalue weighted by Gasteiger charge is -2.12. The van der Waals surface area contributed by atoms with Crippen LogP contribution in [0.15, 0.2) is 17.0 Å². The number of aryl methyl sites for hydroxylation is 2. The van der Waals surface area contributed by atoms with Crippen molar-refractivity contribution in [3.05, 3.63) is 23.3 Å². The lowest BCUT2D eigenvalue weighted by atomic mass is 10.1. The van der Waals surface area contributed by atoms with Gasteiger partial charge < -0.3 is 4.74 Å². The quantitative estimate of drug-likeness (QED) is 0.793. The van der Waals surface area contributed by atoms with Gasteiger partial charge in [0.2, 0.25) is 0 Å². The van der Waals surface area contributed by atoms with Crippen LogP contribution in [-0.4, -0.2) is 15.0 Å². The van der Waals surface area contributed by atoms with Crippen LogP contribution in [0.25, 0.3) is 0 Å². The molecule has 0 bridgehead atoms. The van der Waals surface area contributed by atoms with Crippen molar-refractivity contribution in [2.45, 2.75) is 32.6 Å². The predicted octanol–water partition coefficient (Wildman–Crippen LogP) is 3.27. The number of hydrogen-bond donors (Lipinski definition) is 0. The SMILES string of the molecule is Cc1cc(OCC(C)C)cc(C)c1S(=O)(=O)Cl. The van der Waals surface area contributed by atoms with Crippen LogP contribution in [0.4, 0.5) is 0 Å². The van der Waals surface area contributed by atoms with E-state index in [-0.39, 0.29) is 4.90 Å². The Morgan fingerprint density at radius 3 is 2.06 bits per heavy atom.